The van der Waals surface area contributed by atoms with Gasteiger partial charge >= 0.3 is 0 Å². The number of carbonyl (C=O) groups excluding carboxylic acids is 3. The van der Waals surface area contributed by atoms with E-state index in [0.717, 1.165) is 19.6 Å². The Bertz CT molecular complexity index is 1080. The molecule has 0 unspecified atom stereocenters. The van der Waals surface area contributed by atoms with Crippen LogP contribution in [-0.4, -0.2) is 115 Å². The van der Waals surface area contributed by atoms with E-state index in [0.29, 0.717) is 57.0 Å². The lowest BCUT2D eigenvalue weighted by molar-refractivity contribution is -0.139. The number of benzene rings is 1. The minimum Gasteiger partial charge on any atom is -0.459 e. The first-order chi connectivity index (χ1) is 18.0. The van der Waals surface area contributed by atoms with Crippen molar-refractivity contribution in [1.29, 1.82) is 0 Å². The van der Waals surface area contributed by atoms with Gasteiger partial charge in [-0.05, 0) is 24.3 Å². The first kappa shape index (κ1) is 25.4. The third-order valence-electron chi connectivity index (χ3n) is 7.64. The summed E-state index contributed by atoms with van der Waals surface area (Å²) >= 11 is 0. The third kappa shape index (κ3) is 5.14. The van der Waals surface area contributed by atoms with Gasteiger partial charge in [0.2, 0.25) is 5.91 Å². The Labute approximate surface area is 216 Å². The number of methoxy groups -OCH3 is 1. The molecule has 0 N–H and O–H groups in total. The van der Waals surface area contributed by atoms with Crippen LogP contribution in [-0.2, 0) is 14.3 Å². The first-order valence-electron chi connectivity index (χ1n) is 12.9. The summed E-state index contributed by atoms with van der Waals surface area (Å²) in [5.74, 6) is -0.196. The van der Waals surface area contributed by atoms with Gasteiger partial charge in [0.1, 0.15) is 11.8 Å². The second-order valence-corrected chi connectivity index (χ2v) is 9.74. The van der Waals surface area contributed by atoms with Crippen LogP contribution in [0.2, 0.25) is 0 Å². The number of piperazine rings is 1. The molecule has 0 radical (unpaired) electrons. The molecule has 1 atom stereocenters. The molecule has 3 aliphatic rings. The minimum absolute atomic E-state index is 0.0818. The molecule has 1 aromatic heterocycles. The molecular formula is C27H34N4O6. The van der Waals surface area contributed by atoms with Gasteiger partial charge in [-0.25, -0.2) is 0 Å². The Morgan fingerprint density at radius 2 is 1.65 bits per heavy atom. The minimum atomic E-state index is -0.937. The number of amides is 3. The standard InChI is InChI=1S/C27H34N4O6/c1-35-19-17-28-13-15-30(16-14-28)25(33)22-20-37-27(31(22)24(32)21-6-3-2-4-7-21)9-11-29(12-10-27)26(34)23-8-5-18-36-23/h2-8,18,22H,9-17,19-20H2,1H3/t22-/m0/s1. The molecule has 198 valence electrons. The van der Waals surface area contributed by atoms with E-state index in [1.54, 1.807) is 41.2 Å². The number of likely N-dealkylation sites (tertiary alicyclic amines) is 1. The zero-order valence-electron chi connectivity index (χ0n) is 21.2. The average molecular weight is 511 g/mol. The molecule has 3 fully saturated rings. The summed E-state index contributed by atoms with van der Waals surface area (Å²) in [6.07, 6.45) is 2.33. The zero-order valence-corrected chi connectivity index (χ0v) is 21.2. The highest BCUT2D eigenvalue weighted by Crippen LogP contribution is 2.39. The quantitative estimate of drug-likeness (QED) is 0.582. The van der Waals surface area contributed by atoms with Gasteiger partial charge in [0.25, 0.3) is 11.8 Å². The Balaban J connectivity index is 1.33. The molecule has 0 bridgehead atoms. The fourth-order valence-corrected chi connectivity index (χ4v) is 5.51. The largest absolute Gasteiger partial charge is 0.459 e. The lowest BCUT2D eigenvalue weighted by Gasteiger charge is -2.45. The molecule has 2 aromatic rings. The van der Waals surface area contributed by atoms with E-state index in [9.17, 15) is 14.4 Å². The van der Waals surface area contributed by atoms with Gasteiger partial charge in [0, 0.05) is 71.3 Å². The second kappa shape index (κ2) is 11.0. The average Bonchev–Trinajstić information content (AvgIpc) is 3.61. The normalized spacial score (nSPS) is 22.0. The van der Waals surface area contributed by atoms with Gasteiger partial charge in [0.15, 0.2) is 5.76 Å². The van der Waals surface area contributed by atoms with Crippen molar-refractivity contribution in [3.05, 3.63) is 60.1 Å². The highest BCUT2D eigenvalue weighted by Gasteiger charge is 2.55. The van der Waals surface area contributed by atoms with Gasteiger partial charge in [-0.15, -0.1) is 0 Å². The summed E-state index contributed by atoms with van der Waals surface area (Å²) in [5, 5.41) is 0. The molecule has 3 aliphatic heterocycles. The Morgan fingerprint density at radius 3 is 2.30 bits per heavy atom. The second-order valence-electron chi connectivity index (χ2n) is 9.74. The van der Waals surface area contributed by atoms with Crippen LogP contribution in [0.5, 0.6) is 0 Å². The van der Waals surface area contributed by atoms with Crippen molar-refractivity contribution in [3.63, 3.8) is 0 Å². The topological polar surface area (TPSA) is 95.8 Å². The van der Waals surface area contributed by atoms with Crippen molar-refractivity contribution in [1.82, 2.24) is 19.6 Å². The fourth-order valence-electron chi connectivity index (χ4n) is 5.51. The molecule has 37 heavy (non-hydrogen) atoms. The number of hydrogen-bond donors (Lipinski definition) is 0. The third-order valence-corrected chi connectivity index (χ3v) is 7.64. The van der Waals surface area contributed by atoms with Crippen LogP contribution in [0.15, 0.2) is 53.1 Å². The molecule has 3 saturated heterocycles. The molecule has 10 nitrogen and oxygen atoms in total. The summed E-state index contributed by atoms with van der Waals surface area (Å²) < 4.78 is 16.8. The van der Waals surface area contributed by atoms with E-state index in [-0.39, 0.29) is 24.3 Å². The predicted octanol–water partition coefficient (Wildman–Crippen LogP) is 1.54. The maximum atomic E-state index is 13.8. The Morgan fingerprint density at radius 1 is 0.919 bits per heavy atom. The van der Waals surface area contributed by atoms with Crippen molar-refractivity contribution >= 4 is 17.7 Å². The number of hydrogen-bond acceptors (Lipinski definition) is 7. The molecule has 1 spiro atoms. The van der Waals surface area contributed by atoms with Crippen LogP contribution in [0.25, 0.3) is 0 Å². The van der Waals surface area contributed by atoms with E-state index in [4.69, 9.17) is 13.9 Å². The maximum absolute atomic E-state index is 13.8. The van der Waals surface area contributed by atoms with Gasteiger partial charge in [-0.1, -0.05) is 18.2 Å². The predicted molar refractivity (Wildman–Crippen MR) is 134 cm³/mol. The monoisotopic (exact) mass is 510 g/mol. The highest BCUT2D eigenvalue weighted by atomic mass is 16.5. The Kier molecular flexibility index (Phi) is 7.59. The van der Waals surface area contributed by atoms with Gasteiger partial charge in [-0.2, -0.15) is 0 Å². The lowest BCUT2D eigenvalue weighted by Crippen LogP contribution is -2.61. The summed E-state index contributed by atoms with van der Waals surface area (Å²) in [6.45, 7) is 5.18. The molecule has 0 aliphatic carbocycles. The van der Waals surface area contributed by atoms with Crippen molar-refractivity contribution in [2.24, 2.45) is 0 Å². The Hall–Kier alpha value is -3.21. The number of nitrogens with zero attached hydrogens (tertiary/aromatic N) is 4. The van der Waals surface area contributed by atoms with E-state index in [1.165, 1.54) is 6.26 Å². The molecule has 10 heteroatoms. The lowest BCUT2D eigenvalue weighted by atomic mass is 9.96. The van der Waals surface area contributed by atoms with Crippen molar-refractivity contribution < 1.29 is 28.3 Å². The SMILES string of the molecule is COCCN1CCN(C(=O)[C@@H]2COC3(CCN(C(=O)c4ccco4)CC3)N2C(=O)c2ccccc2)CC1. The molecule has 5 rings (SSSR count). The number of furan rings is 1. The van der Waals surface area contributed by atoms with Crippen LogP contribution in [0, 0.1) is 0 Å². The summed E-state index contributed by atoms with van der Waals surface area (Å²) in [4.78, 5) is 47.9. The molecule has 1 aromatic carbocycles. The molecule has 4 heterocycles. The van der Waals surface area contributed by atoms with Crippen molar-refractivity contribution in [2.45, 2.75) is 24.6 Å². The van der Waals surface area contributed by atoms with Crippen molar-refractivity contribution in [2.75, 3.05) is 66.1 Å². The number of carbonyl (C=O) groups is 3. The van der Waals surface area contributed by atoms with Crippen LogP contribution < -0.4 is 0 Å². The summed E-state index contributed by atoms with van der Waals surface area (Å²) in [7, 11) is 1.69. The summed E-state index contributed by atoms with van der Waals surface area (Å²) in [5.41, 5.74) is -0.420. The molecule has 3 amide bonds. The van der Waals surface area contributed by atoms with E-state index >= 15 is 0 Å². The highest BCUT2D eigenvalue weighted by molar-refractivity contribution is 5.98. The van der Waals surface area contributed by atoms with Crippen LogP contribution in [0.4, 0.5) is 0 Å². The van der Waals surface area contributed by atoms with Gasteiger partial charge < -0.3 is 23.7 Å². The number of rotatable bonds is 6. The van der Waals surface area contributed by atoms with E-state index < -0.39 is 11.8 Å². The number of ether oxygens (including phenoxy) is 2. The van der Waals surface area contributed by atoms with E-state index in [1.807, 2.05) is 23.1 Å². The zero-order chi connectivity index (χ0) is 25.8. The van der Waals surface area contributed by atoms with Gasteiger partial charge in [-0.3, -0.25) is 24.2 Å². The smallest absolute Gasteiger partial charge is 0.289 e. The van der Waals surface area contributed by atoms with E-state index in [2.05, 4.69) is 4.90 Å². The fraction of sp³-hybridized carbons (Fsp3) is 0.519. The van der Waals surface area contributed by atoms with Crippen LogP contribution in [0.1, 0.15) is 33.8 Å². The van der Waals surface area contributed by atoms with Crippen LogP contribution in [0.3, 0.4) is 0 Å². The maximum Gasteiger partial charge on any atom is 0.289 e. The van der Waals surface area contributed by atoms with Crippen molar-refractivity contribution in [3.8, 4) is 0 Å². The van der Waals surface area contributed by atoms with Crippen LogP contribution >= 0.6 is 0 Å². The molecular weight excluding hydrogens is 476 g/mol. The first-order valence-corrected chi connectivity index (χ1v) is 12.9. The number of piperidine rings is 1. The molecule has 0 saturated carbocycles. The summed E-state index contributed by atoms with van der Waals surface area (Å²) in [6, 6.07) is 11.7. The van der Waals surface area contributed by atoms with Gasteiger partial charge in [0.05, 0.1) is 19.5 Å².